The number of anilines is 1. The van der Waals surface area contributed by atoms with Crippen molar-refractivity contribution in [3.05, 3.63) is 113 Å². The number of fused-ring (bicyclic) bond motifs is 1. The van der Waals surface area contributed by atoms with Crippen molar-refractivity contribution in [3.63, 3.8) is 0 Å². The zero-order valence-electron chi connectivity index (χ0n) is 24.0. The van der Waals surface area contributed by atoms with Crippen molar-refractivity contribution in [1.29, 1.82) is 0 Å². The molecule has 3 aromatic rings. The van der Waals surface area contributed by atoms with Gasteiger partial charge in [-0.05, 0) is 62.9 Å². The van der Waals surface area contributed by atoms with E-state index in [0.717, 1.165) is 43.4 Å². The van der Waals surface area contributed by atoms with E-state index in [1.165, 1.54) is 12.1 Å². The highest BCUT2D eigenvalue weighted by molar-refractivity contribution is 5.79. The molecule has 0 saturated carbocycles. The third-order valence-electron chi connectivity index (χ3n) is 8.39. The molecule has 1 N–H and O–H groups in total. The Morgan fingerprint density at radius 2 is 1.86 bits per heavy atom. The summed E-state index contributed by atoms with van der Waals surface area (Å²) in [6, 6.07) is 9.62. The molecule has 1 unspecified atom stereocenters. The van der Waals surface area contributed by atoms with E-state index in [9.17, 15) is 22.0 Å². The third kappa shape index (κ3) is 5.53. The smallest absolute Gasteiger partial charge is 0.355 e. The van der Waals surface area contributed by atoms with Crippen molar-refractivity contribution in [3.8, 4) is 11.3 Å². The van der Waals surface area contributed by atoms with E-state index in [2.05, 4.69) is 40.4 Å². The average molecular weight is 600 g/mol. The Bertz CT molecular complexity index is 1630. The molecule has 1 atom stereocenters. The summed E-state index contributed by atoms with van der Waals surface area (Å²) in [5.74, 6) is -0.298. The maximum Gasteiger partial charge on any atom is 0.433 e. The molecule has 1 fully saturated rings. The van der Waals surface area contributed by atoms with Gasteiger partial charge in [-0.3, -0.25) is 0 Å². The number of nitrogens with zero attached hydrogens (tertiary/aromatic N) is 4. The Morgan fingerprint density at radius 3 is 2.56 bits per heavy atom. The van der Waals surface area contributed by atoms with Gasteiger partial charge in [0.15, 0.2) is 0 Å². The van der Waals surface area contributed by atoms with Gasteiger partial charge in [-0.2, -0.15) is 13.2 Å². The fourth-order valence-corrected chi connectivity index (χ4v) is 5.95. The molecule has 1 saturated heterocycles. The molecule has 2 aromatic carbocycles. The monoisotopic (exact) mass is 599 g/mol. The molecule has 0 bridgehead atoms. The lowest BCUT2D eigenvalue weighted by Gasteiger charge is -2.51. The maximum atomic E-state index is 15.1. The van der Waals surface area contributed by atoms with E-state index in [1.807, 2.05) is 11.9 Å². The molecule has 0 aliphatic carbocycles. The van der Waals surface area contributed by atoms with Gasteiger partial charge < -0.3 is 10.3 Å². The molecule has 5 rings (SSSR count). The van der Waals surface area contributed by atoms with Crippen LogP contribution in [-0.2, 0) is 12.7 Å². The molecular formula is C32H31F6N5. The van der Waals surface area contributed by atoms with Crippen molar-refractivity contribution >= 4 is 5.69 Å². The fourth-order valence-electron chi connectivity index (χ4n) is 5.95. The van der Waals surface area contributed by atoms with Crippen LogP contribution in [0.5, 0.6) is 0 Å². The van der Waals surface area contributed by atoms with Crippen molar-refractivity contribution in [1.82, 2.24) is 20.0 Å². The molecule has 3 heterocycles. The van der Waals surface area contributed by atoms with Crippen LogP contribution in [0, 0.1) is 12.7 Å². The van der Waals surface area contributed by atoms with Crippen molar-refractivity contribution < 1.29 is 26.3 Å². The Morgan fingerprint density at radius 1 is 1.12 bits per heavy atom. The molecular weight excluding hydrogens is 568 g/mol. The highest BCUT2D eigenvalue weighted by Crippen LogP contribution is 2.47. The van der Waals surface area contributed by atoms with Crippen LogP contribution in [0.1, 0.15) is 55.5 Å². The second-order valence-corrected chi connectivity index (χ2v) is 11.0. The third-order valence-corrected chi connectivity index (χ3v) is 8.39. The first-order valence-electron chi connectivity index (χ1n) is 13.7. The Labute approximate surface area is 246 Å². The average Bonchev–Trinajstić information content (AvgIpc) is 3.36. The summed E-state index contributed by atoms with van der Waals surface area (Å²) in [5, 5.41) is 7.28. The standard InChI is InChI=1S/C32H31F6N5/c1-18-8-6-9-23(29(18)33)16-42-21(4)28(19(2)31(5)12-7-13-43(31)42)20(3)41-25-11-10-22(30(34)35)14-24(25)26-15-27(32(36,37)38)40-17-39-26/h6,8-11,14-15,17,30,41H,3-4,7,12-13,16H2,1-2,5H3. The number of nitrogens with one attached hydrogen (secondary N) is 1. The second-order valence-electron chi connectivity index (χ2n) is 11.0. The van der Waals surface area contributed by atoms with E-state index < -0.39 is 23.8 Å². The highest BCUT2D eigenvalue weighted by atomic mass is 19.4. The lowest BCUT2D eigenvalue weighted by molar-refractivity contribution is -0.141. The van der Waals surface area contributed by atoms with E-state index in [-0.39, 0.29) is 34.9 Å². The predicted molar refractivity (Wildman–Crippen MR) is 153 cm³/mol. The van der Waals surface area contributed by atoms with Crippen LogP contribution >= 0.6 is 0 Å². The largest absolute Gasteiger partial charge is 0.433 e. The summed E-state index contributed by atoms with van der Waals surface area (Å²) in [4.78, 5) is 7.25. The number of hydrazine groups is 1. The SMILES string of the molecule is C=C(Nc1ccc(C(F)F)cc1-c1cc(C(F)(F)F)ncn1)C1=C(C)C2(C)CCCN2N(Cc2cccc(C)c2F)C1=C. The van der Waals surface area contributed by atoms with Gasteiger partial charge in [-0.15, -0.1) is 0 Å². The lowest BCUT2D eigenvalue weighted by Crippen LogP contribution is -2.55. The Kier molecular flexibility index (Phi) is 7.89. The zero-order chi connectivity index (χ0) is 31.3. The summed E-state index contributed by atoms with van der Waals surface area (Å²) < 4.78 is 82.7. The quantitative estimate of drug-likeness (QED) is 0.276. The van der Waals surface area contributed by atoms with Gasteiger partial charge in [0, 0.05) is 40.2 Å². The topological polar surface area (TPSA) is 44.3 Å². The van der Waals surface area contributed by atoms with E-state index in [1.54, 1.807) is 25.1 Å². The number of hydrogen-bond acceptors (Lipinski definition) is 5. The summed E-state index contributed by atoms with van der Waals surface area (Å²) in [5.41, 5.74) is 1.64. The van der Waals surface area contributed by atoms with Gasteiger partial charge >= 0.3 is 6.18 Å². The van der Waals surface area contributed by atoms with Crippen LogP contribution in [-0.4, -0.2) is 32.1 Å². The van der Waals surface area contributed by atoms with Crippen LogP contribution in [0.15, 0.2) is 84.5 Å². The van der Waals surface area contributed by atoms with Crippen molar-refractivity contribution in [2.45, 2.75) is 58.3 Å². The van der Waals surface area contributed by atoms with Gasteiger partial charge in [0.1, 0.15) is 17.8 Å². The summed E-state index contributed by atoms with van der Waals surface area (Å²) in [6.45, 7) is 15.3. The first kappa shape index (κ1) is 30.3. The molecule has 0 radical (unpaired) electrons. The highest BCUT2D eigenvalue weighted by Gasteiger charge is 2.47. The molecule has 226 valence electrons. The number of rotatable bonds is 7. The van der Waals surface area contributed by atoms with Gasteiger partial charge in [0.25, 0.3) is 6.43 Å². The zero-order valence-corrected chi connectivity index (χ0v) is 24.0. The fraction of sp³-hybridized carbons (Fsp3) is 0.312. The first-order valence-corrected chi connectivity index (χ1v) is 13.7. The molecule has 11 heteroatoms. The summed E-state index contributed by atoms with van der Waals surface area (Å²) >= 11 is 0. The summed E-state index contributed by atoms with van der Waals surface area (Å²) in [7, 11) is 0. The summed E-state index contributed by atoms with van der Waals surface area (Å²) in [6.07, 6.45) is -5.13. The van der Waals surface area contributed by atoms with Crippen LogP contribution in [0.2, 0.25) is 0 Å². The van der Waals surface area contributed by atoms with Gasteiger partial charge in [-0.1, -0.05) is 37.4 Å². The predicted octanol–water partition coefficient (Wildman–Crippen LogP) is 8.59. The molecule has 5 nitrogen and oxygen atoms in total. The number of aromatic nitrogens is 2. The van der Waals surface area contributed by atoms with Crippen LogP contribution < -0.4 is 5.32 Å². The van der Waals surface area contributed by atoms with Gasteiger partial charge in [0.2, 0.25) is 0 Å². The minimum atomic E-state index is -4.75. The molecule has 2 aliphatic rings. The lowest BCUT2D eigenvalue weighted by atomic mass is 9.83. The van der Waals surface area contributed by atoms with Crippen LogP contribution in [0.3, 0.4) is 0 Å². The number of benzene rings is 2. The van der Waals surface area contributed by atoms with Gasteiger partial charge in [0.05, 0.1) is 23.5 Å². The minimum absolute atomic E-state index is 0.0268. The molecule has 0 amide bonds. The molecule has 2 aliphatic heterocycles. The number of aryl methyl sites for hydroxylation is 1. The molecule has 1 aromatic heterocycles. The normalized spacial score (nSPS) is 19.3. The van der Waals surface area contributed by atoms with E-state index in [0.29, 0.717) is 28.1 Å². The number of alkyl halides is 5. The first-order chi connectivity index (χ1) is 20.2. The second kappa shape index (κ2) is 11.2. The van der Waals surface area contributed by atoms with E-state index in [4.69, 9.17) is 0 Å². The molecule has 0 spiro atoms. The number of halogens is 6. The van der Waals surface area contributed by atoms with E-state index >= 15 is 4.39 Å². The molecule has 43 heavy (non-hydrogen) atoms. The van der Waals surface area contributed by atoms with Crippen molar-refractivity contribution in [2.75, 3.05) is 11.9 Å². The van der Waals surface area contributed by atoms with Gasteiger partial charge in [-0.25, -0.2) is 28.1 Å². The van der Waals surface area contributed by atoms with Crippen molar-refractivity contribution in [2.24, 2.45) is 0 Å². The minimum Gasteiger partial charge on any atom is -0.355 e. The number of hydrogen-bond donors (Lipinski definition) is 1. The van der Waals surface area contributed by atoms with Crippen LogP contribution in [0.25, 0.3) is 11.3 Å². The van der Waals surface area contributed by atoms with Crippen LogP contribution in [0.4, 0.5) is 32.0 Å². The Balaban J connectivity index is 1.55. The maximum absolute atomic E-state index is 15.1. The Hall–Kier alpha value is -4.12.